The second-order valence-corrected chi connectivity index (χ2v) is 4.05. The summed E-state index contributed by atoms with van der Waals surface area (Å²) in [6.45, 7) is 7.02. The first kappa shape index (κ1) is 13.4. The molecule has 0 saturated carbocycles. The number of carbonyl (C=O) groups excluding carboxylic acids is 1. The van der Waals surface area contributed by atoms with Crippen molar-refractivity contribution in [3.8, 4) is 0 Å². The Labute approximate surface area is 102 Å². The van der Waals surface area contributed by atoms with Gasteiger partial charge in [0.15, 0.2) is 0 Å². The Balaban J connectivity index is 2.88. The molecule has 5 nitrogen and oxygen atoms in total. The third-order valence-electron chi connectivity index (χ3n) is 2.52. The maximum Gasteiger partial charge on any atom is 0.325 e. The van der Waals surface area contributed by atoms with Gasteiger partial charge in [-0.15, -0.1) is 0 Å². The maximum atomic E-state index is 11.3. The van der Waals surface area contributed by atoms with Crippen molar-refractivity contribution in [3.05, 3.63) is 18.1 Å². The van der Waals surface area contributed by atoms with Gasteiger partial charge in [-0.25, -0.2) is 9.97 Å². The highest BCUT2D eigenvalue weighted by atomic mass is 16.5. The zero-order chi connectivity index (χ0) is 12.8. The van der Waals surface area contributed by atoms with Gasteiger partial charge in [0.05, 0.1) is 7.11 Å². The van der Waals surface area contributed by atoms with Gasteiger partial charge in [0.1, 0.15) is 18.7 Å². The van der Waals surface area contributed by atoms with E-state index in [4.69, 9.17) is 0 Å². The molecule has 0 radical (unpaired) electrons. The number of carbonyl (C=O) groups is 1. The van der Waals surface area contributed by atoms with Gasteiger partial charge in [0.25, 0.3) is 0 Å². The molecule has 1 rings (SSSR count). The highest BCUT2D eigenvalue weighted by Crippen LogP contribution is 2.16. The van der Waals surface area contributed by atoms with Crippen LogP contribution in [0.4, 0.5) is 5.82 Å². The fraction of sp³-hybridized carbons (Fsp3) is 0.583. The van der Waals surface area contributed by atoms with Gasteiger partial charge in [0, 0.05) is 18.3 Å². The lowest BCUT2D eigenvalue weighted by Crippen LogP contribution is -2.31. The number of methoxy groups -OCH3 is 1. The average Bonchev–Trinajstić information content (AvgIpc) is 2.35. The Hall–Kier alpha value is -1.65. The van der Waals surface area contributed by atoms with Gasteiger partial charge >= 0.3 is 5.97 Å². The van der Waals surface area contributed by atoms with E-state index in [0.29, 0.717) is 12.5 Å². The summed E-state index contributed by atoms with van der Waals surface area (Å²) < 4.78 is 4.66. The molecule has 0 atom stereocenters. The predicted molar refractivity (Wildman–Crippen MR) is 66.0 cm³/mol. The number of esters is 1. The summed E-state index contributed by atoms with van der Waals surface area (Å²) in [5.41, 5.74) is 0.971. The van der Waals surface area contributed by atoms with Crippen molar-refractivity contribution in [2.24, 2.45) is 0 Å². The van der Waals surface area contributed by atoms with Crippen LogP contribution in [0, 0.1) is 0 Å². The van der Waals surface area contributed by atoms with Gasteiger partial charge in [-0.05, 0) is 12.8 Å². The summed E-state index contributed by atoms with van der Waals surface area (Å²) >= 11 is 0. The molecule has 94 valence electrons. The number of aromatic nitrogens is 2. The van der Waals surface area contributed by atoms with Gasteiger partial charge in [-0.3, -0.25) is 4.79 Å². The van der Waals surface area contributed by atoms with Crippen LogP contribution in [0.3, 0.4) is 0 Å². The smallest absolute Gasteiger partial charge is 0.325 e. The Morgan fingerprint density at radius 2 is 2.18 bits per heavy atom. The van der Waals surface area contributed by atoms with Crippen LogP contribution in [0.5, 0.6) is 0 Å². The van der Waals surface area contributed by atoms with Crippen molar-refractivity contribution in [3.63, 3.8) is 0 Å². The van der Waals surface area contributed by atoms with Crippen molar-refractivity contribution in [1.82, 2.24) is 9.97 Å². The second kappa shape index (κ2) is 6.18. The Morgan fingerprint density at radius 3 is 2.71 bits per heavy atom. The molecule has 17 heavy (non-hydrogen) atoms. The molecular weight excluding hydrogens is 218 g/mol. The summed E-state index contributed by atoms with van der Waals surface area (Å²) in [7, 11) is 1.38. The number of likely N-dealkylation sites (N-methyl/N-ethyl adjacent to an activating group) is 1. The molecule has 0 amide bonds. The zero-order valence-electron chi connectivity index (χ0n) is 10.8. The lowest BCUT2D eigenvalue weighted by Gasteiger charge is -2.20. The van der Waals surface area contributed by atoms with Gasteiger partial charge < -0.3 is 9.64 Å². The largest absolute Gasteiger partial charge is 0.468 e. The first-order valence-electron chi connectivity index (χ1n) is 5.72. The highest BCUT2D eigenvalue weighted by Gasteiger charge is 2.12. The van der Waals surface area contributed by atoms with Crippen LogP contribution >= 0.6 is 0 Å². The molecule has 1 heterocycles. The fourth-order valence-electron chi connectivity index (χ4n) is 1.43. The summed E-state index contributed by atoms with van der Waals surface area (Å²) in [6, 6.07) is 1.91. The monoisotopic (exact) mass is 237 g/mol. The van der Waals surface area contributed by atoms with E-state index in [1.807, 2.05) is 17.9 Å². The van der Waals surface area contributed by atoms with Gasteiger partial charge in [0.2, 0.25) is 0 Å². The molecule has 0 saturated heterocycles. The van der Waals surface area contributed by atoms with Crippen molar-refractivity contribution >= 4 is 11.8 Å². The molecule has 0 unspecified atom stereocenters. The average molecular weight is 237 g/mol. The Bertz CT molecular complexity index is 380. The van der Waals surface area contributed by atoms with Gasteiger partial charge in [-0.1, -0.05) is 13.8 Å². The number of anilines is 1. The standard InChI is InChI=1S/C12H19N3O2/c1-5-15(7-12(16)17-4)11-6-10(9(2)3)13-8-14-11/h6,8-9H,5,7H2,1-4H3. The molecule has 0 aliphatic carbocycles. The van der Waals surface area contributed by atoms with Crippen molar-refractivity contribution in [2.45, 2.75) is 26.7 Å². The predicted octanol–water partition coefficient (Wildman–Crippen LogP) is 1.60. The van der Waals surface area contributed by atoms with Crippen LogP contribution in [-0.2, 0) is 9.53 Å². The lowest BCUT2D eigenvalue weighted by molar-refractivity contribution is -0.138. The molecule has 0 N–H and O–H groups in total. The molecule has 5 heteroatoms. The van der Waals surface area contributed by atoms with E-state index >= 15 is 0 Å². The number of hydrogen-bond acceptors (Lipinski definition) is 5. The zero-order valence-corrected chi connectivity index (χ0v) is 10.8. The van der Waals surface area contributed by atoms with Crippen molar-refractivity contribution < 1.29 is 9.53 Å². The molecule has 0 fully saturated rings. The first-order chi connectivity index (χ1) is 8.08. The van der Waals surface area contributed by atoms with Crippen molar-refractivity contribution in [1.29, 1.82) is 0 Å². The minimum absolute atomic E-state index is 0.210. The van der Waals surface area contributed by atoms with Crippen LogP contribution in [0.25, 0.3) is 0 Å². The van der Waals surface area contributed by atoms with E-state index in [1.165, 1.54) is 13.4 Å². The molecule has 0 spiro atoms. The van der Waals surface area contributed by atoms with Crippen LogP contribution in [0.2, 0.25) is 0 Å². The van der Waals surface area contributed by atoms with Crippen molar-refractivity contribution in [2.75, 3.05) is 25.1 Å². The third kappa shape index (κ3) is 3.69. The molecule has 0 bridgehead atoms. The molecule has 1 aromatic rings. The van der Waals surface area contributed by atoms with E-state index < -0.39 is 0 Å². The fourth-order valence-corrected chi connectivity index (χ4v) is 1.43. The SMILES string of the molecule is CCN(CC(=O)OC)c1cc(C(C)C)ncn1. The van der Waals surface area contributed by atoms with E-state index in [2.05, 4.69) is 28.6 Å². The molecule has 0 aromatic carbocycles. The lowest BCUT2D eigenvalue weighted by atomic mass is 10.1. The molecule has 0 aliphatic heterocycles. The number of nitrogens with zero attached hydrogens (tertiary/aromatic N) is 3. The van der Waals surface area contributed by atoms with Gasteiger partial charge in [-0.2, -0.15) is 0 Å². The summed E-state index contributed by atoms with van der Waals surface area (Å²) in [5.74, 6) is 0.835. The minimum atomic E-state index is -0.267. The van der Waals surface area contributed by atoms with E-state index in [-0.39, 0.29) is 12.5 Å². The van der Waals surface area contributed by atoms with Crippen LogP contribution in [0.15, 0.2) is 12.4 Å². The Morgan fingerprint density at radius 1 is 1.47 bits per heavy atom. The normalized spacial score (nSPS) is 10.4. The first-order valence-corrected chi connectivity index (χ1v) is 5.72. The summed E-state index contributed by atoms with van der Waals surface area (Å²) in [6.07, 6.45) is 1.53. The number of rotatable bonds is 5. The van der Waals surface area contributed by atoms with E-state index in [1.54, 1.807) is 0 Å². The number of hydrogen-bond donors (Lipinski definition) is 0. The van der Waals surface area contributed by atoms with Crippen LogP contribution < -0.4 is 4.90 Å². The molecular formula is C12H19N3O2. The summed E-state index contributed by atoms with van der Waals surface area (Å²) in [5, 5.41) is 0. The molecule has 0 aliphatic rings. The maximum absolute atomic E-state index is 11.3. The van der Waals surface area contributed by atoms with E-state index in [9.17, 15) is 4.79 Å². The van der Waals surface area contributed by atoms with Crippen LogP contribution in [0.1, 0.15) is 32.4 Å². The highest BCUT2D eigenvalue weighted by molar-refractivity contribution is 5.75. The quantitative estimate of drug-likeness (QED) is 0.728. The summed E-state index contributed by atoms with van der Waals surface area (Å²) in [4.78, 5) is 21.5. The minimum Gasteiger partial charge on any atom is -0.468 e. The van der Waals surface area contributed by atoms with Crippen LogP contribution in [-0.4, -0.2) is 36.1 Å². The second-order valence-electron chi connectivity index (χ2n) is 4.05. The van der Waals surface area contributed by atoms with E-state index in [0.717, 1.165) is 11.5 Å². The number of ether oxygens (including phenoxy) is 1. The topological polar surface area (TPSA) is 55.3 Å². The third-order valence-corrected chi connectivity index (χ3v) is 2.52. The molecule has 1 aromatic heterocycles. The Kier molecular flexibility index (Phi) is 4.87.